The summed E-state index contributed by atoms with van der Waals surface area (Å²) in [5.74, 6) is -1.78. The maximum atomic E-state index is 13.2. The van der Waals surface area contributed by atoms with Gasteiger partial charge in [0, 0.05) is 12.1 Å². The fourth-order valence-corrected chi connectivity index (χ4v) is 1.26. The molecule has 0 aliphatic heterocycles. The number of hydrogen-bond acceptors (Lipinski definition) is 3. The number of benzene rings is 1. The quantitative estimate of drug-likeness (QED) is 0.740. The van der Waals surface area contributed by atoms with Gasteiger partial charge in [0.1, 0.15) is 11.6 Å². The fourth-order valence-electron chi connectivity index (χ4n) is 1.26. The Labute approximate surface area is 102 Å². The lowest BCUT2D eigenvalue weighted by atomic mass is 10.2. The van der Waals surface area contributed by atoms with Crippen LogP contribution in [0, 0.1) is 11.6 Å². The Bertz CT molecular complexity index is 466. The van der Waals surface area contributed by atoms with Gasteiger partial charge in [0.05, 0.1) is 6.04 Å². The smallest absolute Gasteiger partial charge is 0.318 e. The number of nitrogens with one attached hydrogen (secondary N) is 2. The number of rotatable bonds is 4. The molecule has 0 saturated heterocycles. The van der Waals surface area contributed by atoms with Crippen molar-refractivity contribution in [3.05, 3.63) is 35.4 Å². The van der Waals surface area contributed by atoms with Crippen LogP contribution in [-0.2, 0) is 11.3 Å². The summed E-state index contributed by atoms with van der Waals surface area (Å²) < 4.78 is 26.1. The van der Waals surface area contributed by atoms with Crippen LogP contribution in [0.15, 0.2) is 18.2 Å². The van der Waals surface area contributed by atoms with Crippen LogP contribution in [0.5, 0.6) is 0 Å². The number of amides is 3. The van der Waals surface area contributed by atoms with E-state index in [9.17, 15) is 18.4 Å². The average molecular weight is 257 g/mol. The van der Waals surface area contributed by atoms with Crippen molar-refractivity contribution in [2.45, 2.75) is 19.5 Å². The summed E-state index contributed by atoms with van der Waals surface area (Å²) in [5.41, 5.74) is 4.87. The summed E-state index contributed by atoms with van der Waals surface area (Å²) in [7, 11) is 0. The van der Waals surface area contributed by atoms with Crippen LogP contribution < -0.4 is 16.4 Å². The van der Waals surface area contributed by atoms with Crippen molar-refractivity contribution in [2.75, 3.05) is 0 Å². The molecule has 5 nitrogen and oxygen atoms in total. The number of halogens is 2. The second-order valence-electron chi connectivity index (χ2n) is 3.69. The van der Waals surface area contributed by atoms with Crippen LogP contribution in [0.1, 0.15) is 12.5 Å². The van der Waals surface area contributed by atoms with Gasteiger partial charge in [-0.3, -0.25) is 10.1 Å². The lowest BCUT2D eigenvalue weighted by Gasteiger charge is -2.12. The van der Waals surface area contributed by atoms with Crippen LogP contribution in [0.3, 0.4) is 0 Å². The topological polar surface area (TPSA) is 84.2 Å². The summed E-state index contributed by atoms with van der Waals surface area (Å²) in [5, 5.41) is 4.52. The molecule has 4 N–H and O–H groups in total. The van der Waals surface area contributed by atoms with E-state index in [4.69, 9.17) is 5.73 Å². The Kier molecular flexibility index (Phi) is 4.73. The molecule has 0 aliphatic carbocycles. The van der Waals surface area contributed by atoms with Crippen molar-refractivity contribution in [3.63, 3.8) is 0 Å². The zero-order chi connectivity index (χ0) is 13.7. The molecule has 0 bridgehead atoms. The second-order valence-corrected chi connectivity index (χ2v) is 3.69. The molecule has 1 aromatic rings. The first-order chi connectivity index (χ1) is 8.40. The van der Waals surface area contributed by atoms with E-state index in [1.165, 1.54) is 6.92 Å². The summed E-state index contributed by atoms with van der Waals surface area (Å²) in [6.45, 7) is 1.42. The van der Waals surface area contributed by atoms with Crippen molar-refractivity contribution in [3.8, 4) is 0 Å². The largest absolute Gasteiger partial charge is 0.351 e. The lowest BCUT2D eigenvalue weighted by molar-refractivity contribution is -0.121. The van der Waals surface area contributed by atoms with E-state index in [1.807, 2.05) is 5.32 Å². The highest BCUT2D eigenvalue weighted by Gasteiger charge is 2.14. The third-order valence-corrected chi connectivity index (χ3v) is 2.25. The van der Waals surface area contributed by atoms with Crippen molar-refractivity contribution in [1.82, 2.24) is 10.6 Å². The molecule has 18 heavy (non-hydrogen) atoms. The number of primary amides is 1. The van der Waals surface area contributed by atoms with E-state index < -0.39 is 29.6 Å². The van der Waals surface area contributed by atoms with Gasteiger partial charge in [-0.1, -0.05) is 0 Å². The molecule has 1 unspecified atom stereocenters. The highest BCUT2D eigenvalue weighted by molar-refractivity contribution is 5.96. The highest BCUT2D eigenvalue weighted by Crippen LogP contribution is 2.09. The molecule has 0 heterocycles. The van der Waals surface area contributed by atoms with Gasteiger partial charge in [0.15, 0.2) is 0 Å². The third kappa shape index (κ3) is 4.10. The van der Waals surface area contributed by atoms with E-state index >= 15 is 0 Å². The van der Waals surface area contributed by atoms with Crippen LogP contribution >= 0.6 is 0 Å². The minimum atomic E-state index is -0.967. The van der Waals surface area contributed by atoms with E-state index in [1.54, 1.807) is 0 Å². The predicted octanol–water partition coefficient (Wildman–Crippen LogP) is 0.638. The monoisotopic (exact) mass is 257 g/mol. The molecule has 0 radical (unpaired) electrons. The van der Waals surface area contributed by atoms with Gasteiger partial charge in [0.25, 0.3) is 0 Å². The molecule has 1 atom stereocenters. The summed E-state index contributed by atoms with van der Waals surface area (Å²) >= 11 is 0. The Morgan fingerprint density at radius 3 is 2.67 bits per heavy atom. The first kappa shape index (κ1) is 14.0. The van der Waals surface area contributed by atoms with Gasteiger partial charge >= 0.3 is 6.03 Å². The Morgan fingerprint density at radius 1 is 1.39 bits per heavy atom. The molecule has 7 heteroatoms. The van der Waals surface area contributed by atoms with E-state index in [0.717, 1.165) is 18.2 Å². The van der Waals surface area contributed by atoms with Crippen molar-refractivity contribution < 1.29 is 18.4 Å². The predicted molar refractivity (Wildman–Crippen MR) is 60.4 cm³/mol. The van der Waals surface area contributed by atoms with Gasteiger partial charge in [-0.25, -0.2) is 13.6 Å². The van der Waals surface area contributed by atoms with Crippen molar-refractivity contribution in [2.24, 2.45) is 5.73 Å². The minimum Gasteiger partial charge on any atom is -0.351 e. The summed E-state index contributed by atoms with van der Waals surface area (Å²) in [4.78, 5) is 21.7. The lowest BCUT2D eigenvalue weighted by Crippen LogP contribution is -2.46. The van der Waals surface area contributed by atoms with E-state index in [2.05, 4.69) is 5.32 Å². The average Bonchev–Trinajstić information content (AvgIpc) is 2.29. The Hall–Kier alpha value is -2.02. The van der Waals surface area contributed by atoms with Crippen LogP contribution in [0.2, 0.25) is 0 Å². The normalized spacial score (nSPS) is 11.9. The molecular weight excluding hydrogens is 244 g/mol. The maximum Gasteiger partial charge on any atom is 0.318 e. The van der Waals surface area contributed by atoms with Crippen molar-refractivity contribution in [1.29, 1.82) is 0 Å². The number of imide groups is 1. The second kappa shape index (κ2) is 6.06. The first-order valence-corrected chi connectivity index (χ1v) is 5.17. The van der Waals surface area contributed by atoms with Crippen LogP contribution in [0.25, 0.3) is 0 Å². The zero-order valence-corrected chi connectivity index (χ0v) is 9.67. The minimum absolute atomic E-state index is 0.0447. The van der Waals surface area contributed by atoms with E-state index in [-0.39, 0.29) is 12.1 Å². The van der Waals surface area contributed by atoms with Gasteiger partial charge < -0.3 is 11.1 Å². The molecule has 98 valence electrons. The summed E-state index contributed by atoms with van der Waals surface area (Å²) in [6.07, 6.45) is 0. The molecule has 0 saturated carbocycles. The molecule has 0 aliphatic rings. The zero-order valence-electron chi connectivity index (χ0n) is 9.67. The van der Waals surface area contributed by atoms with E-state index in [0.29, 0.717) is 0 Å². The van der Waals surface area contributed by atoms with Gasteiger partial charge in [-0.05, 0) is 25.1 Å². The fraction of sp³-hybridized carbons (Fsp3) is 0.273. The molecule has 1 aromatic carbocycles. The number of nitrogens with two attached hydrogens (primary N) is 1. The SMILES string of the molecule is CC(NCc1cc(F)ccc1F)C(=O)NC(N)=O. The molecular formula is C11H13F2N3O2. The molecule has 1 rings (SSSR count). The third-order valence-electron chi connectivity index (χ3n) is 2.25. The van der Waals surface area contributed by atoms with Gasteiger partial charge in [0.2, 0.25) is 5.91 Å². The highest BCUT2D eigenvalue weighted by atomic mass is 19.1. The standard InChI is InChI=1S/C11H13F2N3O2/c1-6(10(17)16-11(14)18)15-5-7-4-8(12)2-3-9(7)13/h2-4,6,15H,5H2,1H3,(H3,14,16,17,18). The van der Waals surface area contributed by atoms with Gasteiger partial charge in [-0.15, -0.1) is 0 Å². The van der Waals surface area contributed by atoms with Crippen LogP contribution in [-0.4, -0.2) is 18.0 Å². The first-order valence-electron chi connectivity index (χ1n) is 5.17. The number of carbonyl (C=O) groups excluding carboxylic acids is 2. The number of carbonyl (C=O) groups is 2. The maximum absolute atomic E-state index is 13.2. The molecule has 0 aromatic heterocycles. The molecule has 3 amide bonds. The number of hydrogen-bond donors (Lipinski definition) is 3. The van der Waals surface area contributed by atoms with Crippen LogP contribution in [0.4, 0.5) is 13.6 Å². The molecule has 0 spiro atoms. The Morgan fingerprint density at radius 2 is 2.06 bits per heavy atom. The summed E-state index contributed by atoms with van der Waals surface area (Å²) in [6, 6.07) is 1.30. The van der Waals surface area contributed by atoms with Gasteiger partial charge in [-0.2, -0.15) is 0 Å². The van der Waals surface area contributed by atoms with Crippen molar-refractivity contribution >= 4 is 11.9 Å². The Balaban J connectivity index is 2.57. The number of urea groups is 1. The molecule has 0 fully saturated rings.